The normalized spacial score (nSPS) is 22.4. The van der Waals surface area contributed by atoms with Gasteiger partial charge < -0.3 is 0 Å². The first-order valence-corrected chi connectivity index (χ1v) is 5.66. The minimum Gasteiger partial charge on any atom is -0.292 e. The van der Waals surface area contributed by atoms with Gasteiger partial charge in [-0.3, -0.25) is 14.9 Å². The van der Waals surface area contributed by atoms with Crippen LogP contribution in [0.4, 0.5) is 0 Å². The molecular weight excluding hydrogens is 230 g/mol. The van der Waals surface area contributed by atoms with E-state index in [1.54, 1.807) is 12.2 Å². The van der Waals surface area contributed by atoms with Crippen molar-refractivity contribution in [3.05, 3.63) is 64.2 Å². The Kier molecular flexibility index (Phi) is 3.10. The lowest BCUT2D eigenvalue weighted by Crippen LogP contribution is -2.43. The molecule has 0 spiro atoms. The van der Waals surface area contributed by atoms with Crippen molar-refractivity contribution in [3.63, 3.8) is 0 Å². The number of carbonyl (C=O) groups excluding carboxylic acids is 1. The van der Waals surface area contributed by atoms with Crippen LogP contribution in [0.25, 0.3) is 5.57 Å². The van der Waals surface area contributed by atoms with Gasteiger partial charge in [-0.25, -0.2) is 0 Å². The number of nitro groups is 1. The summed E-state index contributed by atoms with van der Waals surface area (Å²) < 4.78 is 0. The van der Waals surface area contributed by atoms with E-state index in [0.717, 1.165) is 11.1 Å². The van der Waals surface area contributed by atoms with E-state index in [2.05, 4.69) is 0 Å². The van der Waals surface area contributed by atoms with E-state index in [9.17, 15) is 14.9 Å². The summed E-state index contributed by atoms with van der Waals surface area (Å²) in [5.41, 5.74) is 0.321. The molecule has 0 bridgehead atoms. The molecule has 0 aliphatic heterocycles. The SMILES string of the molecule is CC(=O)C1([N+](=O)[O-])C=CC(c2ccccc2)=CC1. The third kappa shape index (κ3) is 1.97. The zero-order chi connectivity index (χ0) is 13.2. The zero-order valence-electron chi connectivity index (χ0n) is 10.00. The first-order chi connectivity index (χ1) is 8.56. The number of ketones is 1. The number of rotatable bonds is 3. The van der Waals surface area contributed by atoms with E-state index in [1.807, 2.05) is 30.3 Å². The second kappa shape index (κ2) is 4.56. The summed E-state index contributed by atoms with van der Waals surface area (Å²) in [4.78, 5) is 22.0. The largest absolute Gasteiger partial charge is 0.300 e. The molecule has 1 atom stereocenters. The van der Waals surface area contributed by atoms with Crippen molar-refractivity contribution in [2.24, 2.45) is 0 Å². The molecule has 2 rings (SSSR count). The van der Waals surface area contributed by atoms with Crippen LogP contribution in [0.1, 0.15) is 18.9 Å². The number of hydrogen-bond donors (Lipinski definition) is 0. The van der Waals surface area contributed by atoms with E-state index in [4.69, 9.17) is 0 Å². The Morgan fingerprint density at radius 3 is 2.44 bits per heavy atom. The van der Waals surface area contributed by atoms with Crippen LogP contribution in [0.5, 0.6) is 0 Å². The minimum atomic E-state index is -1.59. The predicted octanol–water partition coefficient (Wildman–Crippen LogP) is 2.63. The molecule has 1 aromatic rings. The maximum Gasteiger partial charge on any atom is 0.300 e. The first-order valence-electron chi connectivity index (χ1n) is 5.66. The van der Waals surface area contributed by atoms with Crippen molar-refractivity contribution < 1.29 is 9.72 Å². The molecule has 0 amide bonds. The van der Waals surface area contributed by atoms with Crippen molar-refractivity contribution in [2.75, 3.05) is 0 Å². The van der Waals surface area contributed by atoms with Crippen LogP contribution in [0.15, 0.2) is 48.6 Å². The first kappa shape index (κ1) is 12.2. The van der Waals surface area contributed by atoms with Gasteiger partial charge in [0.1, 0.15) is 0 Å². The molecule has 0 saturated heterocycles. The summed E-state index contributed by atoms with van der Waals surface area (Å²) in [6, 6.07) is 9.59. The quantitative estimate of drug-likeness (QED) is 0.605. The van der Waals surface area contributed by atoms with Crippen molar-refractivity contribution in [1.82, 2.24) is 0 Å². The van der Waals surface area contributed by atoms with Gasteiger partial charge >= 0.3 is 5.54 Å². The van der Waals surface area contributed by atoms with Crippen molar-refractivity contribution in [1.29, 1.82) is 0 Å². The van der Waals surface area contributed by atoms with E-state index >= 15 is 0 Å². The second-order valence-electron chi connectivity index (χ2n) is 4.30. The average molecular weight is 243 g/mol. The van der Waals surface area contributed by atoms with Gasteiger partial charge in [0.25, 0.3) is 0 Å². The second-order valence-corrected chi connectivity index (χ2v) is 4.30. The fraction of sp³-hybridized carbons (Fsp3) is 0.214. The topological polar surface area (TPSA) is 60.2 Å². The van der Waals surface area contributed by atoms with Gasteiger partial charge in [0, 0.05) is 24.3 Å². The van der Waals surface area contributed by atoms with Gasteiger partial charge in [-0.15, -0.1) is 0 Å². The minimum absolute atomic E-state index is 0.107. The van der Waals surface area contributed by atoms with Crippen LogP contribution < -0.4 is 0 Å². The number of allylic oxidation sites excluding steroid dienone is 2. The Morgan fingerprint density at radius 1 is 1.33 bits per heavy atom. The van der Waals surface area contributed by atoms with E-state index in [-0.39, 0.29) is 6.42 Å². The molecule has 0 aromatic heterocycles. The fourth-order valence-electron chi connectivity index (χ4n) is 2.00. The van der Waals surface area contributed by atoms with Gasteiger partial charge in [0.2, 0.25) is 5.78 Å². The Labute approximate surface area is 105 Å². The molecule has 1 aliphatic rings. The lowest BCUT2D eigenvalue weighted by atomic mass is 9.84. The molecule has 0 saturated carbocycles. The molecule has 4 nitrogen and oxygen atoms in total. The molecule has 1 aliphatic carbocycles. The van der Waals surface area contributed by atoms with E-state index in [0.29, 0.717) is 0 Å². The smallest absolute Gasteiger partial charge is 0.292 e. The highest BCUT2D eigenvalue weighted by Crippen LogP contribution is 2.29. The summed E-state index contributed by atoms with van der Waals surface area (Å²) in [7, 11) is 0. The lowest BCUT2D eigenvalue weighted by molar-refractivity contribution is -0.537. The molecule has 92 valence electrons. The fourth-order valence-corrected chi connectivity index (χ4v) is 2.00. The number of hydrogen-bond acceptors (Lipinski definition) is 3. The van der Waals surface area contributed by atoms with Crippen LogP contribution in [0, 0.1) is 10.1 Å². The zero-order valence-corrected chi connectivity index (χ0v) is 10.00. The van der Waals surface area contributed by atoms with Crippen molar-refractivity contribution in [2.45, 2.75) is 18.9 Å². The standard InChI is InChI=1S/C14H13NO3/c1-11(16)14(15(17)18)9-7-13(8-10-14)12-5-3-2-4-6-12/h2-9H,10H2,1H3. The maximum absolute atomic E-state index is 11.5. The molecule has 0 fully saturated rings. The van der Waals surface area contributed by atoms with Crippen LogP contribution in [-0.2, 0) is 4.79 Å². The van der Waals surface area contributed by atoms with Gasteiger partial charge in [0.05, 0.1) is 0 Å². The maximum atomic E-state index is 11.5. The Hall–Kier alpha value is -2.23. The van der Waals surface area contributed by atoms with Crippen molar-refractivity contribution >= 4 is 11.4 Å². The van der Waals surface area contributed by atoms with Gasteiger partial charge in [0.15, 0.2) is 0 Å². The molecule has 0 heterocycles. The third-order valence-corrected chi connectivity index (χ3v) is 3.21. The Bertz CT molecular complexity index is 529. The monoisotopic (exact) mass is 243 g/mol. The van der Waals surface area contributed by atoms with Gasteiger partial charge in [-0.2, -0.15) is 0 Å². The molecule has 1 unspecified atom stereocenters. The third-order valence-electron chi connectivity index (χ3n) is 3.21. The average Bonchev–Trinajstić information content (AvgIpc) is 2.39. The van der Waals surface area contributed by atoms with Crippen LogP contribution >= 0.6 is 0 Å². The Balaban J connectivity index is 2.31. The molecular formula is C14H13NO3. The lowest BCUT2D eigenvalue weighted by Gasteiger charge is -2.21. The molecule has 1 aromatic carbocycles. The van der Waals surface area contributed by atoms with Crippen LogP contribution in [0.2, 0.25) is 0 Å². The van der Waals surface area contributed by atoms with Crippen LogP contribution in [0.3, 0.4) is 0 Å². The van der Waals surface area contributed by atoms with Gasteiger partial charge in [-0.1, -0.05) is 42.5 Å². The number of carbonyl (C=O) groups is 1. The van der Waals surface area contributed by atoms with Crippen molar-refractivity contribution in [3.8, 4) is 0 Å². The summed E-state index contributed by atoms with van der Waals surface area (Å²) >= 11 is 0. The van der Waals surface area contributed by atoms with E-state index in [1.165, 1.54) is 13.0 Å². The van der Waals surface area contributed by atoms with Gasteiger partial charge in [-0.05, 0) is 11.1 Å². The molecule has 4 heteroatoms. The Morgan fingerprint density at radius 2 is 2.00 bits per heavy atom. The van der Waals surface area contributed by atoms with E-state index < -0.39 is 16.2 Å². The number of Topliss-reactive ketones (excluding diaryl/α,β-unsaturated/α-hetero) is 1. The molecule has 0 radical (unpaired) electrons. The summed E-state index contributed by atoms with van der Waals surface area (Å²) in [5.74, 6) is -0.438. The highest BCUT2D eigenvalue weighted by molar-refractivity contribution is 5.90. The summed E-state index contributed by atoms with van der Waals surface area (Å²) in [6.45, 7) is 1.26. The summed E-state index contributed by atoms with van der Waals surface area (Å²) in [5, 5.41) is 11.1. The number of benzene rings is 1. The highest BCUT2D eigenvalue weighted by Gasteiger charge is 2.45. The van der Waals surface area contributed by atoms with Crippen LogP contribution in [-0.4, -0.2) is 16.2 Å². The molecule has 18 heavy (non-hydrogen) atoms. The predicted molar refractivity (Wildman–Crippen MR) is 68.6 cm³/mol. The molecule has 0 N–H and O–H groups in total. The summed E-state index contributed by atoms with van der Waals surface area (Å²) in [6.07, 6.45) is 4.91. The highest BCUT2D eigenvalue weighted by atomic mass is 16.6. The number of nitrogens with zero attached hydrogens (tertiary/aromatic N) is 1.